The highest BCUT2D eigenvalue weighted by molar-refractivity contribution is 5.94. The molecule has 0 fully saturated rings. The Labute approximate surface area is 118 Å². The summed E-state index contributed by atoms with van der Waals surface area (Å²) in [7, 11) is 3.17. The summed E-state index contributed by atoms with van der Waals surface area (Å²) in [5.41, 5.74) is 1.46. The predicted octanol–water partition coefficient (Wildman–Crippen LogP) is 2.77. The molecule has 4 heteroatoms. The van der Waals surface area contributed by atoms with Crippen LogP contribution in [0.15, 0.2) is 54.6 Å². The minimum atomic E-state index is -0.492. The maximum absolute atomic E-state index is 12.1. The van der Waals surface area contributed by atoms with Crippen LogP contribution in [0, 0.1) is 0 Å². The van der Waals surface area contributed by atoms with Gasteiger partial charge in [0.2, 0.25) is 0 Å². The molecule has 0 saturated heterocycles. The Morgan fingerprint density at radius 1 is 1.00 bits per heavy atom. The van der Waals surface area contributed by atoms with Crippen molar-refractivity contribution in [2.75, 3.05) is 14.2 Å². The van der Waals surface area contributed by atoms with Crippen LogP contribution < -0.4 is 10.1 Å². The number of carbonyl (C=O) groups is 1. The van der Waals surface area contributed by atoms with E-state index in [1.54, 1.807) is 26.4 Å². The Bertz CT molecular complexity index is 552. The van der Waals surface area contributed by atoms with Gasteiger partial charge in [0.25, 0.3) is 5.91 Å². The Balaban J connectivity index is 2.10. The lowest BCUT2D eigenvalue weighted by molar-refractivity contribution is 0.0575. The normalized spacial score (nSPS) is 11.7. The molecule has 0 radical (unpaired) electrons. The fourth-order valence-corrected chi connectivity index (χ4v) is 1.85. The Morgan fingerprint density at radius 2 is 1.65 bits per heavy atom. The lowest BCUT2D eigenvalue weighted by Crippen LogP contribution is -2.29. The average Bonchev–Trinajstić information content (AvgIpc) is 2.53. The van der Waals surface area contributed by atoms with Crippen molar-refractivity contribution in [3.63, 3.8) is 0 Å². The predicted molar refractivity (Wildman–Crippen MR) is 76.7 cm³/mol. The fourth-order valence-electron chi connectivity index (χ4n) is 1.85. The van der Waals surface area contributed by atoms with Crippen molar-refractivity contribution in [3.05, 3.63) is 65.7 Å². The van der Waals surface area contributed by atoms with Crippen LogP contribution in [0.25, 0.3) is 0 Å². The number of ether oxygens (including phenoxy) is 2. The number of methoxy groups -OCH3 is 2. The topological polar surface area (TPSA) is 47.6 Å². The van der Waals surface area contributed by atoms with Crippen LogP contribution in [-0.2, 0) is 4.74 Å². The van der Waals surface area contributed by atoms with Crippen molar-refractivity contribution in [2.45, 2.75) is 6.23 Å². The van der Waals surface area contributed by atoms with Crippen LogP contribution >= 0.6 is 0 Å². The molecule has 0 unspecified atom stereocenters. The molecule has 2 aromatic rings. The largest absolute Gasteiger partial charge is 0.497 e. The van der Waals surface area contributed by atoms with E-state index in [1.165, 1.54) is 0 Å². The van der Waals surface area contributed by atoms with E-state index >= 15 is 0 Å². The van der Waals surface area contributed by atoms with Crippen LogP contribution in [0.3, 0.4) is 0 Å². The first-order valence-electron chi connectivity index (χ1n) is 6.27. The van der Waals surface area contributed by atoms with E-state index < -0.39 is 6.23 Å². The van der Waals surface area contributed by atoms with Crippen LogP contribution in [0.5, 0.6) is 5.75 Å². The third-order valence-electron chi connectivity index (χ3n) is 2.95. The molecule has 0 aliphatic carbocycles. The average molecular weight is 271 g/mol. The van der Waals surface area contributed by atoms with Gasteiger partial charge in [0.05, 0.1) is 7.11 Å². The highest BCUT2D eigenvalue weighted by atomic mass is 16.5. The van der Waals surface area contributed by atoms with Gasteiger partial charge in [-0.25, -0.2) is 0 Å². The molecule has 0 heterocycles. The smallest absolute Gasteiger partial charge is 0.253 e. The summed E-state index contributed by atoms with van der Waals surface area (Å²) < 4.78 is 10.4. The van der Waals surface area contributed by atoms with E-state index in [2.05, 4.69) is 5.32 Å². The number of carbonyl (C=O) groups excluding carboxylic acids is 1. The summed E-state index contributed by atoms with van der Waals surface area (Å²) in [6.07, 6.45) is -0.492. The summed E-state index contributed by atoms with van der Waals surface area (Å²) in [4.78, 5) is 12.1. The quantitative estimate of drug-likeness (QED) is 0.851. The van der Waals surface area contributed by atoms with Gasteiger partial charge in [-0.05, 0) is 24.3 Å². The van der Waals surface area contributed by atoms with Crippen molar-refractivity contribution in [3.8, 4) is 5.75 Å². The van der Waals surface area contributed by atoms with E-state index in [-0.39, 0.29) is 5.91 Å². The first kappa shape index (κ1) is 14.1. The van der Waals surface area contributed by atoms with Crippen LogP contribution in [-0.4, -0.2) is 20.1 Å². The van der Waals surface area contributed by atoms with Crippen LogP contribution in [0.1, 0.15) is 22.1 Å². The molecule has 104 valence electrons. The third-order valence-corrected chi connectivity index (χ3v) is 2.95. The fraction of sp³-hybridized carbons (Fsp3) is 0.188. The molecular weight excluding hydrogens is 254 g/mol. The van der Waals surface area contributed by atoms with Gasteiger partial charge in [0.15, 0.2) is 6.23 Å². The van der Waals surface area contributed by atoms with Gasteiger partial charge in [0.1, 0.15) is 5.75 Å². The molecule has 1 N–H and O–H groups in total. The molecule has 2 aromatic carbocycles. The van der Waals surface area contributed by atoms with E-state index in [1.807, 2.05) is 42.5 Å². The highest BCUT2D eigenvalue weighted by Crippen LogP contribution is 2.18. The van der Waals surface area contributed by atoms with Crippen LogP contribution in [0.4, 0.5) is 0 Å². The summed E-state index contributed by atoms with van der Waals surface area (Å²) in [5, 5.41) is 2.83. The van der Waals surface area contributed by atoms with Crippen molar-refractivity contribution in [2.24, 2.45) is 0 Å². The maximum Gasteiger partial charge on any atom is 0.253 e. The summed E-state index contributed by atoms with van der Waals surface area (Å²) >= 11 is 0. The molecule has 0 spiro atoms. The number of hydrogen-bond donors (Lipinski definition) is 1. The van der Waals surface area contributed by atoms with Gasteiger partial charge in [0, 0.05) is 18.2 Å². The molecule has 1 amide bonds. The second kappa shape index (κ2) is 6.73. The van der Waals surface area contributed by atoms with Crippen LogP contribution in [0.2, 0.25) is 0 Å². The molecular formula is C16H17NO3. The number of amides is 1. The zero-order chi connectivity index (χ0) is 14.4. The molecule has 1 atom stereocenters. The van der Waals surface area contributed by atoms with Crippen molar-refractivity contribution >= 4 is 5.91 Å². The zero-order valence-corrected chi connectivity index (χ0v) is 11.5. The van der Waals surface area contributed by atoms with Gasteiger partial charge in [-0.3, -0.25) is 4.79 Å². The summed E-state index contributed by atoms with van der Waals surface area (Å²) in [6, 6.07) is 16.4. The number of nitrogens with one attached hydrogen (secondary N) is 1. The third kappa shape index (κ3) is 3.36. The minimum absolute atomic E-state index is 0.173. The summed E-state index contributed by atoms with van der Waals surface area (Å²) in [5.74, 6) is 0.589. The molecule has 0 aromatic heterocycles. The lowest BCUT2D eigenvalue weighted by Gasteiger charge is -2.17. The van der Waals surface area contributed by atoms with Crippen molar-refractivity contribution < 1.29 is 14.3 Å². The van der Waals surface area contributed by atoms with E-state index in [0.717, 1.165) is 11.3 Å². The van der Waals surface area contributed by atoms with E-state index in [4.69, 9.17) is 9.47 Å². The number of rotatable bonds is 5. The van der Waals surface area contributed by atoms with Gasteiger partial charge in [-0.2, -0.15) is 0 Å². The monoisotopic (exact) mass is 271 g/mol. The maximum atomic E-state index is 12.1. The second-order valence-electron chi connectivity index (χ2n) is 4.23. The van der Waals surface area contributed by atoms with Gasteiger partial charge in [-0.1, -0.05) is 30.3 Å². The van der Waals surface area contributed by atoms with Gasteiger partial charge in [-0.15, -0.1) is 0 Å². The van der Waals surface area contributed by atoms with Gasteiger partial charge >= 0.3 is 0 Å². The molecule has 2 rings (SSSR count). The summed E-state index contributed by atoms with van der Waals surface area (Å²) in [6.45, 7) is 0. The van der Waals surface area contributed by atoms with Gasteiger partial charge < -0.3 is 14.8 Å². The molecule has 0 aliphatic heterocycles. The molecule has 4 nitrogen and oxygen atoms in total. The molecule has 0 aliphatic rings. The van der Waals surface area contributed by atoms with E-state index in [0.29, 0.717) is 5.56 Å². The molecule has 0 saturated carbocycles. The first-order chi connectivity index (χ1) is 9.74. The van der Waals surface area contributed by atoms with Crippen molar-refractivity contribution in [1.82, 2.24) is 5.32 Å². The standard InChI is InChI=1S/C16H17NO3/c1-19-14-10-8-13(9-11-14)16(20-2)17-15(18)12-6-4-3-5-7-12/h3-11,16H,1-2H3,(H,17,18)/t16-/m1/s1. The number of benzene rings is 2. The van der Waals surface area contributed by atoms with E-state index in [9.17, 15) is 4.79 Å². The molecule has 20 heavy (non-hydrogen) atoms. The lowest BCUT2D eigenvalue weighted by atomic mass is 10.1. The Morgan fingerprint density at radius 3 is 2.20 bits per heavy atom. The zero-order valence-electron chi connectivity index (χ0n) is 11.5. The van der Waals surface area contributed by atoms with Crippen molar-refractivity contribution in [1.29, 1.82) is 0 Å². The highest BCUT2D eigenvalue weighted by Gasteiger charge is 2.14. The second-order valence-corrected chi connectivity index (χ2v) is 4.23. The Kier molecular flexibility index (Phi) is 4.74. The first-order valence-corrected chi connectivity index (χ1v) is 6.27. The SMILES string of the molecule is COc1ccc([C@H](NC(=O)c2ccccc2)OC)cc1. The minimum Gasteiger partial charge on any atom is -0.497 e. The number of hydrogen-bond acceptors (Lipinski definition) is 3. The molecule has 0 bridgehead atoms. The Hall–Kier alpha value is -2.33.